The van der Waals surface area contributed by atoms with Crippen LogP contribution in [-0.4, -0.2) is 35.7 Å². The number of nitrogens with one attached hydrogen (secondary N) is 2. The van der Waals surface area contributed by atoms with Gasteiger partial charge in [0, 0.05) is 23.9 Å². The van der Waals surface area contributed by atoms with Gasteiger partial charge in [0.25, 0.3) is 5.91 Å². The van der Waals surface area contributed by atoms with Crippen molar-refractivity contribution in [3.63, 3.8) is 0 Å². The molecule has 0 spiro atoms. The number of aromatic nitrogens is 2. The monoisotopic (exact) mass is 698 g/mol. The highest BCUT2D eigenvalue weighted by molar-refractivity contribution is 6.74. The summed E-state index contributed by atoms with van der Waals surface area (Å²) < 4.78 is 69.6. The van der Waals surface area contributed by atoms with E-state index >= 15 is 4.39 Å². The Hall–Kier alpha value is -4.49. The molecule has 0 aliphatic carbocycles. The zero-order valence-corrected chi connectivity index (χ0v) is 29.9. The van der Waals surface area contributed by atoms with Crippen LogP contribution in [0.2, 0.25) is 18.1 Å². The summed E-state index contributed by atoms with van der Waals surface area (Å²) in [4.78, 5) is 25.8. The minimum Gasteiger partial charge on any atom is -0.444 e. The Bertz CT molecular complexity index is 1820. The quantitative estimate of drug-likeness (QED) is 0.134. The van der Waals surface area contributed by atoms with Gasteiger partial charge in [0.1, 0.15) is 17.1 Å². The number of carbonyl (C=O) groups excluding carboxylic acids is 2. The van der Waals surface area contributed by atoms with E-state index in [-0.39, 0.29) is 28.5 Å². The third-order valence-electron chi connectivity index (χ3n) is 8.20. The molecule has 1 aromatic heterocycles. The number of ether oxygens (including phenoxy) is 1. The highest BCUT2D eigenvalue weighted by Gasteiger charge is 2.38. The molecular weight excluding hydrogens is 656 g/mol. The number of alkyl halides is 3. The van der Waals surface area contributed by atoms with Crippen LogP contribution in [0.25, 0.3) is 16.8 Å². The van der Waals surface area contributed by atoms with Crippen LogP contribution in [0.15, 0.2) is 72.8 Å². The lowest BCUT2D eigenvalue weighted by atomic mass is 9.99. The zero-order chi connectivity index (χ0) is 36.4. The summed E-state index contributed by atoms with van der Waals surface area (Å²) in [5.41, 5.74) is -0.292. The Kier molecular flexibility index (Phi) is 10.8. The zero-order valence-electron chi connectivity index (χ0n) is 28.9. The molecule has 0 saturated carbocycles. The number of hydrogen-bond acceptors (Lipinski definition) is 5. The normalized spacial score (nSPS) is 12.5. The average molecular weight is 699 g/mol. The summed E-state index contributed by atoms with van der Waals surface area (Å²) >= 11 is 0. The fraction of sp³-hybridized carbons (Fsp3) is 0.361. The number of rotatable bonds is 9. The summed E-state index contributed by atoms with van der Waals surface area (Å²) in [5.74, 6) is -1.59. The van der Waals surface area contributed by atoms with Gasteiger partial charge >= 0.3 is 12.3 Å². The molecule has 262 valence electrons. The molecule has 0 atom stereocenters. The predicted octanol–water partition coefficient (Wildman–Crippen LogP) is 9.50. The second kappa shape index (κ2) is 14.2. The second-order valence-corrected chi connectivity index (χ2v) is 19.0. The molecule has 0 aliphatic heterocycles. The van der Waals surface area contributed by atoms with E-state index in [1.807, 2.05) is 12.1 Å². The lowest BCUT2D eigenvalue weighted by Crippen LogP contribution is -2.40. The number of nitrogens with zero attached hydrogens (tertiary/aromatic N) is 2. The molecule has 0 unspecified atom stereocenters. The van der Waals surface area contributed by atoms with E-state index in [4.69, 9.17) is 9.16 Å². The van der Waals surface area contributed by atoms with Gasteiger partial charge in [-0.05, 0) is 79.9 Å². The summed E-state index contributed by atoms with van der Waals surface area (Å²) in [7, 11) is -2.09. The molecule has 13 heteroatoms. The molecule has 1 heterocycles. The molecule has 0 bridgehead atoms. The van der Waals surface area contributed by atoms with Crippen LogP contribution in [0.3, 0.4) is 0 Å². The molecule has 0 aliphatic rings. The number of anilines is 1. The molecule has 3 aromatic carbocycles. The van der Waals surface area contributed by atoms with E-state index in [0.717, 1.165) is 16.3 Å². The van der Waals surface area contributed by atoms with Crippen LogP contribution in [0.4, 0.5) is 28.0 Å². The Balaban J connectivity index is 1.62. The van der Waals surface area contributed by atoms with Crippen LogP contribution in [0.1, 0.15) is 68.9 Å². The molecule has 0 saturated heterocycles. The number of hydrogen-bond donors (Lipinski definition) is 2. The van der Waals surface area contributed by atoms with Crippen molar-refractivity contribution in [2.75, 3.05) is 5.32 Å². The first-order valence-electron chi connectivity index (χ1n) is 15.7. The second-order valence-electron chi connectivity index (χ2n) is 14.2. The van der Waals surface area contributed by atoms with Crippen molar-refractivity contribution in [2.45, 2.75) is 84.6 Å². The maximum absolute atomic E-state index is 15.6. The number of benzene rings is 3. The lowest BCUT2D eigenvalue weighted by Gasteiger charge is -2.36. The molecule has 2 amide bonds. The molecule has 0 radical (unpaired) electrons. The van der Waals surface area contributed by atoms with Crippen molar-refractivity contribution in [3.05, 3.63) is 101 Å². The van der Waals surface area contributed by atoms with Gasteiger partial charge in [-0.2, -0.15) is 18.3 Å². The summed E-state index contributed by atoms with van der Waals surface area (Å²) in [6, 6.07) is 18.3. The SMILES string of the molecule is CC(C)(C)OC(=O)NCc1ccccc1-n1nc(C(F)(F)F)cc1C(=O)Nc1ccc(-c2ccccc2CO[Si](C)(C)C(C)(C)C)c(F)c1. The maximum atomic E-state index is 15.6. The fourth-order valence-electron chi connectivity index (χ4n) is 4.60. The Labute approximate surface area is 285 Å². The number of halogens is 4. The smallest absolute Gasteiger partial charge is 0.435 e. The van der Waals surface area contributed by atoms with Crippen LogP contribution < -0.4 is 10.6 Å². The van der Waals surface area contributed by atoms with Gasteiger partial charge in [0.05, 0.1) is 12.3 Å². The topological polar surface area (TPSA) is 94.5 Å². The van der Waals surface area contributed by atoms with Crippen molar-refractivity contribution in [3.8, 4) is 16.8 Å². The van der Waals surface area contributed by atoms with Gasteiger partial charge in [-0.25, -0.2) is 13.9 Å². The number of carbonyl (C=O) groups is 2. The molecule has 4 aromatic rings. The largest absolute Gasteiger partial charge is 0.444 e. The Morgan fingerprint density at radius 1 is 0.857 bits per heavy atom. The molecular formula is C36H42F4N4O4Si. The Morgan fingerprint density at radius 2 is 1.49 bits per heavy atom. The third kappa shape index (κ3) is 9.36. The van der Waals surface area contributed by atoms with Crippen molar-refractivity contribution >= 4 is 26.0 Å². The average Bonchev–Trinajstić information content (AvgIpc) is 3.45. The van der Waals surface area contributed by atoms with Crippen LogP contribution >= 0.6 is 0 Å². The highest BCUT2D eigenvalue weighted by atomic mass is 28.4. The van der Waals surface area contributed by atoms with Crippen LogP contribution in [0.5, 0.6) is 0 Å². The van der Waals surface area contributed by atoms with Gasteiger partial charge in [-0.15, -0.1) is 0 Å². The van der Waals surface area contributed by atoms with E-state index in [9.17, 15) is 22.8 Å². The number of amides is 2. The fourth-order valence-corrected chi connectivity index (χ4v) is 5.55. The van der Waals surface area contributed by atoms with E-state index in [0.29, 0.717) is 23.8 Å². The van der Waals surface area contributed by atoms with Gasteiger partial charge in [0.2, 0.25) is 0 Å². The van der Waals surface area contributed by atoms with Crippen molar-refractivity contribution in [1.82, 2.24) is 15.1 Å². The van der Waals surface area contributed by atoms with Crippen LogP contribution in [-0.2, 0) is 28.5 Å². The summed E-state index contributed by atoms with van der Waals surface area (Å²) in [5, 5.41) is 8.76. The van der Waals surface area contributed by atoms with Gasteiger partial charge < -0.3 is 19.8 Å². The molecule has 0 fully saturated rings. The first-order valence-corrected chi connectivity index (χ1v) is 18.6. The van der Waals surface area contributed by atoms with Gasteiger partial charge in [-0.1, -0.05) is 63.2 Å². The van der Waals surface area contributed by atoms with E-state index in [1.54, 1.807) is 51.1 Å². The lowest BCUT2D eigenvalue weighted by molar-refractivity contribution is -0.141. The van der Waals surface area contributed by atoms with Gasteiger partial charge in [0.15, 0.2) is 14.0 Å². The molecule has 4 rings (SSSR count). The van der Waals surface area contributed by atoms with Crippen LogP contribution in [0, 0.1) is 5.82 Å². The molecule has 49 heavy (non-hydrogen) atoms. The standard InChI is InChI=1S/C36H42F4N4O4Si/c1-34(2,3)48-33(46)41-21-23-13-10-12-16-29(23)44-30(20-31(43-44)36(38,39)40)32(45)42-25-17-18-27(28(37)19-25)26-15-11-9-14-24(26)22-47-49(7,8)35(4,5)6/h9-20H,21-22H2,1-8H3,(H,41,46)(H,42,45). The summed E-state index contributed by atoms with van der Waals surface area (Å²) in [6.07, 6.45) is -5.59. The minimum atomic E-state index is -4.86. The molecule has 2 N–H and O–H groups in total. The van der Waals surface area contributed by atoms with E-state index in [1.165, 1.54) is 18.2 Å². The predicted molar refractivity (Wildman–Crippen MR) is 183 cm³/mol. The van der Waals surface area contributed by atoms with Gasteiger partial charge in [-0.3, -0.25) is 4.79 Å². The maximum Gasteiger partial charge on any atom is 0.435 e. The van der Waals surface area contributed by atoms with Crippen molar-refractivity contribution < 1.29 is 36.3 Å². The minimum absolute atomic E-state index is 0.0116. The first-order chi connectivity index (χ1) is 22.7. The molecule has 8 nitrogen and oxygen atoms in total. The summed E-state index contributed by atoms with van der Waals surface area (Å²) in [6.45, 7) is 15.9. The van der Waals surface area contributed by atoms with Crippen molar-refractivity contribution in [2.24, 2.45) is 0 Å². The highest BCUT2D eigenvalue weighted by Crippen LogP contribution is 2.38. The van der Waals surface area contributed by atoms with Crippen molar-refractivity contribution in [1.29, 1.82) is 0 Å². The Morgan fingerprint density at radius 3 is 2.10 bits per heavy atom. The first kappa shape index (κ1) is 37.3. The number of alkyl carbamates (subject to hydrolysis) is 1. The third-order valence-corrected chi connectivity index (χ3v) is 12.7. The van der Waals surface area contributed by atoms with E-state index < -0.39 is 49.3 Å². The van der Waals surface area contributed by atoms with E-state index in [2.05, 4.69) is 49.6 Å². The number of para-hydroxylation sites is 1.